The minimum atomic E-state index is -0.731. The number of amides is 1. The Kier molecular flexibility index (Phi) is 2.64. The van der Waals surface area contributed by atoms with Crippen LogP contribution in [0.4, 0.5) is 8.78 Å². The lowest BCUT2D eigenvalue weighted by Crippen LogP contribution is -2.28. The third kappa shape index (κ3) is 2.50. The molecule has 1 aromatic carbocycles. The molecule has 0 saturated carbocycles. The molecule has 3 nitrogen and oxygen atoms in total. The van der Waals surface area contributed by atoms with Crippen molar-refractivity contribution in [2.24, 2.45) is 0 Å². The molecule has 1 aliphatic rings. The van der Waals surface area contributed by atoms with Crippen LogP contribution in [0.5, 0.6) is 0 Å². The number of nitrogens with one attached hydrogen (secondary N) is 1. The summed E-state index contributed by atoms with van der Waals surface area (Å²) >= 11 is 0. The summed E-state index contributed by atoms with van der Waals surface area (Å²) < 4.78 is 30.7. The molecule has 5 heteroatoms. The maximum atomic E-state index is 13.1. The fourth-order valence-corrected chi connectivity index (χ4v) is 1.16. The predicted octanol–water partition coefficient (Wildman–Crippen LogP) is 1.09. The van der Waals surface area contributed by atoms with Crippen molar-refractivity contribution in [1.29, 1.82) is 0 Å². The number of epoxide rings is 1. The molecule has 15 heavy (non-hydrogen) atoms. The van der Waals surface area contributed by atoms with Gasteiger partial charge in [0, 0.05) is 6.54 Å². The summed E-state index contributed by atoms with van der Waals surface area (Å²) in [6, 6.07) is 2.77. The highest BCUT2D eigenvalue weighted by molar-refractivity contribution is 5.94. The van der Waals surface area contributed by atoms with Gasteiger partial charge in [0.15, 0.2) is 0 Å². The zero-order valence-electron chi connectivity index (χ0n) is 7.80. The molecule has 0 spiro atoms. The zero-order valence-corrected chi connectivity index (χ0v) is 7.80. The van der Waals surface area contributed by atoms with Gasteiger partial charge in [-0.25, -0.2) is 8.78 Å². The molecule has 2 rings (SSSR count). The smallest absolute Gasteiger partial charge is 0.254 e. The lowest BCUT2D eigenvalue weighted by Gasteiger charge is -2.04. The molecule has 0 aromatic heterocycles. The van der Waals surface area contributed by atoms with Crippen molar-refractivity contribution in [2.45, 2.75) is 6.10 Å². The second-order valence-corrected chi connectivity index (χ2v) is 3.29. The predicted molar refractivity (Wildman–Crippen MR) is 48.4 cm³/mol. The summed E-state index contributed by atoms with van der Waals surface area (Å²) in [6.07, 6.45) is 0.0190. The van der Waals surface area contributed by atoms with Crippen LogP contribution in [-0.2, 0) is 4.74 Å². The highest BCUT2D eigenvalue weighted by Gasteiger charge is 2.23. The van der Waals surface area contributed by atoms with E-state index in [4.69, 9.17) is 4.74 Å². The van der Waals surface area contributed by atoms with Gasteiger partial charge < -0.3 is 10.1 Å². The zero-order chi connectivity index (χ0) is 10.8. The quantitative estimate of drug-likeness (QED) is 0.764. The Morgan fingerprint density at radius 3 is 2.93 bits per heavy atom. The lowest BCUT2D eigenvalue weighted by molar-refractivity contribution is 0.0946. The number of hydrogen-bond donors (Lipinski definition) is 1. The number of carbonyl (C=O) groups excluding carboxylic acids is 1. The van der Waals surface area contributed by atoms with E-state index >= 15 is 0 Å². The Balaban J connectivity index is 2.05. The topological polar surface area (TPSA) is 41.6 Å². The normalized spacial score (nSPS) is 18.7. The molecule has 0 bridgehead atoms. The van der Waals surface area contributed by atoms with Gasteiger partial charge in [0.05, 0.1) is 18.3 Å². The van der Waals surface area contributed by atoms with Gasteiger partial charge in [0.1, 0.15) is 11.6 Å². The average molecular weight is 213 g/mol. The van der Waals surface area contributed by atoms with Gasteiger partial charge in [-0.2, -0.15) is 0 Å². The van der Waals surface area contributed by atoms with Gasteiger partial charge in [-0.3, -0.25) is 4.79 Å². The molecule has 1 heterocycles. The number of carbonyl (C=O) groups is 1. The molecule has 0 aliphatic carbocycles. The second kappa shape index (κ2) is 3.94. The van der Waals surface area contributed by atoms with E-state index < -0.39 is 17.5 Å². The van der Waals surface area contributed by atoms with Gasteiger partial charge in [0.25, 0.3) is 5.91 Å². The van der Waals surface area contributed by atoms with Gasteiger partial charge in [-0.05, 0) is 18.2 Å². The fourth-order valence-electron chi connectivity index (χ4n) is 1.16. The molecule has 1 aliphatic heterocycles. The first kappa shape index (κ1) is 10.0. The van der Waals surface area contributed by atoms with E-state index in [-0.39, 0.29) is 11.7 Å². The van der Waals surface area contributed by atoms with E-state index in [1.807, 2.05) is 0 Å². The van der Waals surface area contributed by atoms with E-state index in [0.717, 1.165) is 18.2 Å². The minimum Gasteiger partial charge on any atom is -0.371 e. The van der Waals surface area contributed by atoms with Crippen molar-refractivity contribution < 1.29 is 18.3 Å². The van der Waals surface area contributed by atoms with Crippen LogP contribution < -0.4 is 5.32 Å². The summed E-state index contributed by atoms with van der Waals surface area (Å²) in [5.74, 6) is -1.99. The van der Waals surface area contributed by atoms with Crippen LogP contribution in [0.15, 0.2) is 18.2 Å². The molecule has 1 saturated heterocycles. The molecular weight excluding hydrogens is 204 g/mol. The van der Waals surface area contributed by atoms with Crippen LogP contribution in [0.2, 0.25) is 0 Å². The summed E-state index contributed by atoms with van der Waals surface area (Å²) in [6.45, 7) is 0.931. The highest BCUT2D eigenvalue weighted by atomic mass is 19.1. The van der Waals surface area contributed by atoms with Crippen LogP contribution in [-0.4, -0.2) is 25.2 Å². The molecule has 1 N–H and O–H groups in total. The van der Waals surface area contributed by atoms with Crippen molar-refractivity contribution in [3.63, 3.8) is 0 Å². The van der Waals surface area contributed by atoms with Crippen molar-refractivity contribution in [2.75, 3.05) is 13.2 Å². The Hall–Kier alpha value is -1.49. The van der Waals surface area contributed by atoms with Gasteiger partial charge in [-0.15, -0.1) is 0 Å². The Bertz CT molecular complexity index is 391. The van der Waals surface area contributed by atoms with Gasteiger partial charge >= 0.3 is 0 Å². The number of hydrogen-bond acceptors (Lipinski definition) is 2. The second-order valence-electron chi connectivity index (χ2n) is 3.29. The van der Waals surface area contributed by atoms with Crippen LogP contribution in [0.3, 0.4) is 0 Å². The summed E-state index contributed by atoms with van der Waals surface area (Å²) in [5, 5.41) is 2.46. The van der Waals surface area contributed by atoms with E-state index in [1.165, 1.54) is 0 Å². The maximum Gasteiger partial charge on any atom is 0.254 e. The first-order valence-electron chi connectivity index (χ1n) is 4.51. The fraction of sp³-hybridized carbons (Fsp3) is 0.300. The summed E-state index contributed by atoms with van der Waals surface area (Å²) in [4.78, 5) is 11.4. The molecule has 1 fully saturated rings. The van der Waals surface area contributed by atoms with Gasteiger partial charge in [-0.1, -0.05) is 0 Å². The standard InChI is InChI=1S/C10H9F2NO2/c11-6-1-2-9(12)8(3-6)10(14)13-4-7-5-15-7/h1-3,7H,4-5H2,(H,13,14)/t7-/m1/s1. The van der Waals surface area contributed by atoms with Crippen LogP contribution in [0, 0.1) is 11.6 Å². The molecule has 0 unspecified atom stereocenters. The van der Waals surface area contributed by atoms with Crippen molar-refractivity contribution >= 4 is 5.91 Å². The molecule has 80 valence electrons. The molecule has 1 aromatic rings. The third-order valence-corrected chi connectivity index (χ3v) is 2.07. The summed E-state index contributed by atoms with van der Waals surface area (Å²) in [5.41, 5.74) is -0.282. The summed E-state index contributed by atoms with van der Waals surface area (Å²) in [7, 11) is 0. The van der Waals surface area contributed by atoms with E-state index in [1.54, 1.807) is 0 Å². The Morgan fingerprint density at radius 2 is 2.27 bits per heavy atom. The maximum absolute atomic E-state index is 13.1. The Labute approximate surface area is 85.0 Å². The largest absolute Gasteiger partial charge is 0.371 e. The number of benzene rings is 1. The number of halogens is 2. The van der Waals surface area contributed by atoms with E-state index in [0.29, 0.717) is 13.2 Å². The molecule has 1 atom stereocenters. The molecule has 1 amide bonds. The third-order valence-electron chi connectivity index (χ3n) is 2.07. The first-order valence-corrected chi connectivity index (χ1v) is 4.51. The first-order chi connectivity index (χ1) is 7.16. The average Bonchev–Trinajstić information content (AvgIpc) is 3.02. The van der Waals surface area contributed by atoms with Crippen molar-refractivity contribution in [3.8, 4) is 0 Å². The van der Waals surface area contributed by atoms with Crippen LogP contribution >= 0.6 is 0 Å². The number of ether oxygens (including phenoxy) is 1. The van der Waals surface area contributed by atoms with Crippen molar-refractivity contribution in [1.82, 2.24) is 5.32 Å². The number of rotatable bonds is 3. The van der Waals surface area contributed by atoms with E-state index in [2.05, 4.69) is 5.32 Å². The monoisotopic (exact) mass is 213 g/mol. The Morgan fingerprint density at radius 1 is 1.53 bits per heavy atom. The van der Waals surface area contributed by atoms with Crippen LogP contribution in [0.25, 0.3) is 0 Å². The van der Waals surface area contributed by atoms with Crippen LogP contribution in [0.1, 0.15) is 10.4 Å². The highest BCUT2D eigenvalue weighted by Crippen LogP contribution is 2.11. The lowest BCUT2D eigenvalue weighted by atomic mass is 10.2. The molecule has 0 radical (unpaired) electrons. The SMILES string of the molecule is O=C(NC[C@@H]1CO1)c1cc(F)ccc1F. The van der Waals surface area contributed by atoms with Crippen molar-refractivity contribution in [3.05, 3.63) is 35.4 Å². The van der Waals surface area contributed by atoms with Gasteiger partial charge in [0.2, 0.25) is 0 Å². The van der Waals surface area contributed by atoms with E-state index in [9.17, 15) is 13.6 Å². The molecular formula is C10H9F2NO2. The minimum absolute atomic E-state index is 0.0190.